The Morgan fingerprint density at radius 1 is 1.21 bits per heavy atom. The molecule has 0 unspecified atom stereocenters. The van der Waals surface area contributed by atoms with E-state index >= 15 is 0 Å². The lowest BCUT2D eigenvalue weighted by Crippen LogP contribution is -2.14. The van der Waals surface area contributed by atoms with Crippen LogP contribution >= 0.6 is 11.6 Å². The molecule has 3 aromatic rings. The minimum atomic E-state index is 0.525. The zero-order valence-electron chi connectivity index (χ0n) is 13.3. The summed E-state index contributed by atoms with van der Waals surface area (Å²) in [5.74, 6) is 0. The quantitative estimate of drug-likeness (QED) is 0.501. The molecule has 0 saturated heterocycles. The van der Waals surface area contributed by atoms with Crippen LogP contribution in [0.5, 0.6) is 0 Å². The van der Waals surface area contributed by atoms with E-state index < -0.39 is 0 Å². The van der Waals surface area contributed by atoms with Crippen molar-refractivity contribution in [1.82, 2.24) is 15.3 Å². The van der Waals surface area contributed by atoms with E-state index in [0.29, 0.717) is 10.7 Å². The van der Waals surface area contributed by atoms with Gasteiger partial charge in [-0.05, 0) is 61.2 Å². The lowest BCUT2D eigenvalue weighted by molar-refractivity contribution is 0.623. The predicted molar refractivity (Wildman–Crippen MR) is 96.9 cm³/mol. The van der Waals surface area contributed by atoms with Crippen LogP contribution < -0.4 is 5.32 Å². The van der Waals surface area contributed by atoms with Gasteiger partial charge in [0, 0.05) is 29.8 Å². The molecule has 5 heteroatoms. The number of unbranched alkanes of at least 4 members (excludes halogenated alkanes) is 1. The Morgan fingerprint density at radius 3 is 2.92 bits per heavy atom. The molecule has 0 spiro atoms. The van der Waals surface area contributed by atoms with Gasteiger partial charge in [0.15, 0.2) is 0 Å². The van der Waals surface area contributed by atoms with Gasteiger partial charge in [-0.1, -0.05) is 17.7 Å². The second-order valence-corrected chi connectivity index (χ2v) is 6.20. The lowest BCUT2D eigenvalue weighted by atomic mass is 10.1. The molecule has 0 aliphatic carbocycles. The number of hydrogen-bond acceptors (Lipinski definition) is 3. The van der Waals surface area contributed by atoms with E-state index in [2.05, 4.69) is 27.6 Å². The second kappa shape index (κ2) is 7.96. The number of pyridine rings is 1. The van der Waals surface area contributed by atoms with Crippen molar-refractivity contribution < 1.29 is 0 Å². The van der Waals surface area contributed by atoms with Crippen LogP contribution in [0.2, 0.25) is 5.15 Å². The summed E-state index contributed by atoms with van der Waals surface area (Å²) >= 11 is 5.77. The first-order valence-corrected chi connectivity index (χ1v) is 8.45. The van der Waals surface area contributed by atoms with E-state index in [1.54, 1.807) is 6.20 Å². The zero-order chi connectivity index (χ0) is 16.8. The molecule has 0 aliphatic rings. The first-order valence-electron chi connectivity index (χ1n) is 8.07. The van der Waals surface area contributed by atoms with Crippen molar-refractivity contribution in [2.24, 2.45) is 0 Å². The summed E-state index contributed by atoms with van der Waals surface area (Å²) in [5, 5.41) is 14.1. The minimum absolute atomic E-state index is 0.525. The first kappa shape index (κ1) is 16.5. The number of hydrogen-bond donors (Lipinski definition) is 2. The summed E-state index contributed by atoms with van der Waals surface area (Å²) in [6, 6.07) is 11.8. The second-order valence-electron chi connectivity index (χ2n) is 5.81. The molecule has 2 N–H and O–H groups in total. The maximum absolute atomic E-state index is 9.03. The Morgan fingerprint density at radius 2 is 2.12 bits per heavy atom. The number of aromatic amines is 1. The smallest absolute Gasteiger partial charge is 0.129 e. The summed E-state index contributed by atoms with van der Waals surface area (Å²) in [4.78, 5) is 7.34. The maximum Gasteiger partial charge on any atom is 0.129 e. The highest BCUT2D eigenvalue weighted by Crippen LogP contribution is 2.21. The molecule has 0 atom stereocenters. The number of rotatable bonds is 7. The third kappa shape index (κ3) is 4.14. The van der Waals surface area contributed by atoms with Gasteiger partial charge in [-0.15, -0.1) is 0 Å². The van der Waals surface area contributed by atoms with Crippen molar-refractivity contribution in [3.05, 3.63) is 64.6 Å². The van der Waals surface area contributed by atoms with E-state index in [1.165, 1.54) is 5.56 Å². The van der Waals surface area contributed by atoms with E-state index in [4.69, 9.17) is 16.9 Å². The molecule has 2 aromatic heterocycles. The summed E-state index contributed by atoms with van der Waals surface area (Å²) in [7, 11) is 0. The summed E-state index contributed by atoms with van der Waals surface area (Å²) in [6.45, 7) is 1.78. The number of nitriles is 1. The number of aryl methyl sites for hydroxylation is 1. The van der Waals surface area contributed by atoms with E-state index in [-0.39, 0.29) is 0 Å². The fourth-order valence-electron chi connectivity index (χ4n) is 2.76. The van der Waals surface area contributed by atoms with Gasteiger partial charge in [0.1, 0.15) is 5.15 Å². The fraction of sp³-hybridized carbons (Fsp3) is 0.263. The van der Waals surface area contributed by atoms with Gasteiger partial charge in [0.05, 0.1) is 11.6 Å². The number of nitrogens with zero attached hydrogens (tertiary/aromatic N) is 2. The predicted octanol–water partition coefficient (Wildman–Crippen LogP) is 4.20. The number of nitrogens with one attached hydrogen (secondary N) is 2. The molecule has 0 bridgehead atoms. The molecule has 24 heavy (non-hydrogen) atoms. The topological polar surface area (TPSA) is 64.5 Å². The minimum Gasteiger partial charge on any atom is -0.361 e. The van der Waals surface area contributed by atoms with Gasteiger partial charge in [0.2, 0.25) is 0 Å². The van der Waals surface area contributed by atoms with Crippen LogP contribution in [0.4, 0.5) is 0 Å². The van der Waals surface area contributed by atoms with Gasteiger partial charge in [-0.3, -0.25) is 0 Å². The van der Waals surface area contributed by atoms with E-state index in [1.807, 2.05) is 30.3 Å². The van der Waals surface area contributed by atoms with Gasteiger partial charge < -0.3 is 10.3 Å². The summed E-state index contributed by atoms with van der Waals surface area (Å²) < 4.78 is 0. The average molecular weight is 339 g/mol. The molecule has 0 fully saturated rings. The van der Waals surface area contributed by atoms with Crippen LogP contribution in [0.25, 0.3) is 10.9 Å². The van der Waals surface area contributed by atoms with Gasteiger partial charge in [0.25, 0.3) is 0 Å². The summed E-state index contributed by atoms with van der Waals surface area (Å²) in [5.41, 5.74) is 4.23. The van der Waals surface area contributed by atoms with Crippen molar-refractivity contribution in [3.63, 3.8) is 0 Å². The molecule has 4 nitrogen and oxygen atoms in total. The average Bonchev–Trinajstić information content (AvgIpc) is 3.01. The van der Waals surface area contributed by atoms with Crippen molar-refractivity contribution >= 4 is 22.5 Å². The zero-order valence-corrected chi connectivity index (χ0v) is 14.1. The SMILES string of the molecule is N#Cc1ccc2[nH]cc(CCCCNCc3ccc(Cl)nc3)c2c1. The molecule has 0 radical (unpaired) electrons. The Balaban J connectivity index is 1.43. The van der Waals surface area contributed by atoms with Crippen LogP contribution in [0.15, 0.2) is 42.7 Å². The van der Waals surface area contributed by atoms with Crippen LogP contribution in [0.3, 0.4) is 0 Å². The number of benzene rings is 1. The van der Waals surface area contributed by atoms with Crippen LogP contribution in [-0.2, 0) is 13.0 Å². The Labute approximate surface area is 146 Å². The lowest BCUT2D eigenvalue weighted by Gasteiger charge is -2.05. The standard InChI is InChI=1S/C19H19ClN4/c20-19-7-5-15(12-24-19)11-22-8-2-1-3-16-13-23-18-6-4-14(10-21)9-17(16)18/h4-7,9,12-13,22-23H,1-3,8,11H2. The Kier molecular flexibility index (Phi) is 5.47. The third-order valence-corrected chi connectivity index (χ3v) is 4.29. The number of aromatic nitrogens is 2. The molecular weight excluding hydrogens is 320 g/mol. The molecule has 3 rings (SSSR count). The summed E-state index contributed by atoms with van der Waals surface area (Å²) in [6.07, 6.45) is 7.08. The van der Waals surface area contributed by atoms with Crippen molar-refractivity contribution in [2.75, 3.05) is 6.54 Å². The normalized spacial score (nSPS) is 10.8. The molecule has 0 saturated carbocycles. The third-order valence-electron chi connectivity index (χ3n) is 4.06. The van der Waals surface area contributed by atoms with Crippen LogP contribution in [0.1, 0.15) is 29.5 Å². The molecule has 0 aliphatic heterocycles. The number of fused-ring (bicyclic) bond motifs is 1. The Bertz CT molecular complexity index is 846. The van der Waals surface area contributed by atoms with Crippen LogP contribution in [-0.4, -0.2) is 16.5 Å². The largest absolute Gasteiger partial charge is 0.361 e. The first-order chi connectivity index (χ1) is 11.8. The number of H-pyrrole nitrogens is 1. The van der Waals surface area contributed by atoms with Crippen molar-refractivity contribution in [1.29, 1.82) is 5.26 Å². The molecule has 2 heterocycles. The molecule has 0 amide bonds. The van der Waals surface area contributed by atoms with Crippen molar-refractivity contribution in [2.45, 2.75) is 25.8 Å². The highest BCUT2D eigenvalue weighted by atomic mass is 35.5. The maximum atomic E-state index is 9.03. The van der Waals surface area contributed by atoms with E-state index in [9.17, 15) is 0 Å². The highest BCUT2D eigenvalue weighted by Gasteiger charge is 2.04. The number of halogens is 1. The van der Waals surface area contributed by atoms with Gasteiger partial charge >= 0.3 is 0 Å². The van der Waals surface area contributed by atoms with Gasteiger partial charge in [-0.25, -0.2) is 4.98 Å². The molecular formula is C19H19ClN4. The molecule has 1 aromatic carbocycles. The van der Waals surface area contributed by atoms with E-state index in [0.717, 1.165) is 48.8 Å². The highest BCUT2D eigenvalue weighted by molar-refractivity contribution is 6.29. The fourth-order valence-corrected chi connectivity index (χ4v) is 2.88. The Hall–Kier alpha value is -2.35. The monoisotopic (exact) mass is 338 g/mol. The van der Waals surface area contributed by atoms with Gasteiger partial charge in [-0.2, -0.15) is 5.26 Å². The van der Waals surface area contributed by atoms with Crippen LogP contribution in [0, 0.1) is 11.3 Å². The molecule has 122 valence electrons. The van der Waals surface area contributed by atoms with Crippen molar-refractivity contribution in [3.8, 4) is 6.07 Å².